The molecule has 9 aromatic carbocycles. The smallest absolute Gasteiger partial charge is 0.160 e. The maximum absolute atomic E-state index is 5.32. The molecule has 0 saturated heterocycles. The predicted octanol–water partition coefficient (Wildman–Crippen LogP) is 16.7. The molecule has 2 heterocycles. The number of hydrogen-bond acceptors (Lipinski definition) is 3. The Morgan fingerprint density at radius 1 is 0.419 bits per heavy atom. The van der Waals surface area contributed by atoms with Gasteiger partial charge in [0.25, 0.3) is 0 Å². The molecule has 0 saturated carbocycles. The van der Waals surface area contributed by atoms with Gasteiger partial charge in [-0.25, -0.2) is 9.97 Å². The molecule has 3 heteroatoms. The standard InChI is InChI=1S/C59H40N2S/c1-37-13-9-24-50-47-20-5-6-21-48(47)53-35-44(31-32-51(53)57(37)50)55-36-54(40-14-3-2-4-15-40)60-59(61-55)45-19-11-17-42(34-45)39-29-27-38(28-30-39)41-16-10-18-43(33-41)46-23-12-25-52-49-22-7-8-26-56(49)62-58(46)52/h2-12,14-37H,13H2,1H3. The van der Waals surface area contributed by atoms with Gasteiger partial charge in [0, 0.05) is 36.9 Å². The second-order valence-electron chi connectivity index (χ2n) is 16.5. The largest absolute Gasteiger partial charge is 0.228 e. The van der Waals surface area contributed by atoms with E-state index in [9.17, 15) is 0 Å². The fourth-order valence-electron chi connectivity index (χ4n) is 9.64. The Bertz CT molecular complexity index is 3560. The van der Waals surface area contributed by atoms with Crippen LogP contribution < -0.4 is 0 Å². The summed E-state index contributed by atoms with van der Waals surface area (Å²) < 4.78 is 2.66. The van der Waals surface area contributed by atoms with E-state index in [-0.39, 0.29) is 0 Å². The van der Waals surface area contributed by atoms with Crippen LogP contribution in [0.25, 0.3) is 115 Å². The highest BCUT2D eigenvalue weighted by Gasteiger charge is 2.21. The van der Waals surface area contributed by atoms with Crippen molar-refractivity contribution in [3.8, 4) is 67.3 Å². The van der Waals surface area contributed by atoms with Crippen LogP contribution in [0.5, 0.6) is 0 Å². The molecule has 292 valence electrons. The lowest BCUT2D eigenvalue weighted by molar-refractivity contribution is 0.781. The molecular weight excluding hydrogens is 769 g/mol. The number of fused-ring (bicyclic) bond motifs is 9. The Kier molecular flexibility index (Phi) is 8.76. The van der Waals surface area contributed by atoms with Crippen molar-refractivity contribution in [2.75, 3.05) is 0 Å². The molecule has 11 aromatic rings. The van der Waals surface area contributed by atoms with Gasteiger partial charge < -0.3 is 0 Å². The van der Waals surface area contributed by atoms with E-state index in [1.807, 2.05) is 11.3 Å². The first kappa shape index (κ1) is 36.4. The van der Waals surface area contributed by atoms with Gasteiger partial charge in [0.15, 0.2) is 5.82 Å². The van der Waals surface area contributed by atoms with E-state index in [4.69, 9.17) is 9.97 Å². The van der Waals surface area contributed by atoms with Crippen molar-refractivity contribution < 1.29 is 0 Å². The van der Waals surface area contributed by atoms with E-state index < -0.39 is 0 Å². The van der Waals surface area contributed by atoms with Gasteiger partial charge >= 0.3 is 0 Å². The first-order chi connectivity index (χ1) is 30.6. The average molecular weight is 809 g/mol. The van der Waals surface area contributed by atoms with E-state index >= 15 is 0 Å². The summed E-state index contributed by atoms with van der Waals surface area (Å²) >= 11 is 1.88. The molecule has 2 aromatic heterocycles. The zero-order chi connectivity index (χ0) is 41.1. The van der Waals surface area contributed by atoms with Crippen molar-refractivity contribution in [1.29, 1.82) is 0 Å². The lowest BCUT2D eigenvalue weighted by Crippen LogP contribution is -2.03. The number of rotatable bonds is 6. The normalized spacial score (nSPS) is 13.6. The highest BCUT2D eigenvalue weighted by atomic mass is 32.1. The monoisotopic (exact) mass is 808 g/mol. The topological polar surface area (TPSA) is 25.8 Å². The SMILES string of the molecule is CC1CC=Cc2c1c1ccc(-c3cc(-c4ccccc4)nc(-c4cccc(-c5ccc(-c6cccc(-c7cccc8c7sc7ccccc78)c6)cc5)c4)n3)cc1c1ccccc21. The molecule has 0 bridgehead atoms. The van der Waals surface area contributed by atoms with Gasteiger partial charge in [0.05, 0.1) is 11.4 Å². The zero-order valence-corrected chi connectivity index (χ0v) is 35.0. The molecule has 0 N–H and O–H groups in total. The summed E-state index contributed by atoms with van der Waals surface area (Å²) in [6, 6.07) is 70.3. The van der Waals surface area contributed by atoms with Crippen LogP contribution in [0.1, 0.15) is 30.4 Å². The van der Waals surface area contributed by atoms with Crippen LogP contribution in [-0.4, -0.2) is 9.97 Å². The first-order valence-electron chi connectivity index (χ1n) is 21.4. The Morgan fingerprint density at radius 3 is 1.81 bits per heavy atom. The summed E-state index contributed by atoms with van der Waals surface area (Å²) in [5, 5.41) is 7.82. The Hall–Kier alpha value is -7.46. The van der Waals surface area contributed by atoms with Crippen LogP contribution in [0.15, 0.2) is 200 Å². The number of hydrogen-bond donors (Lipinski definition) is 0. The van der Waals surface area contributed by atoms with Gasteiger partial charge in [-0.1, -0.05) is 183 Å². The van der Waals surface area contributed by atoms with E-state index in [1.54, 1.807) is 0 Å². The number of allylic oxidation sites excluding steroid dienone is 1. The molecule has 1 unspecified atom stereocenters. The van der Waals surface area contributed by atoms with Crippen LogP contribution in [0.4, 0.5) is 0 Å². The summed E-state index contributed by atoms with van der Waals surface area (Å²) in [5.41, 5.74) is 14.9. The van der Waals surface area contributed by atoms with Crippen molar-refractivity contribution in [3.05, 3.63) is 211 Å². The van der Waals surface area contributed by atoms with Gasteiger partial charge in [-0.15, -0.1) is 11.3 Å². The number of thiophene rings is 1. The number of nitrogens with zero attached hydrogens (tertiary/aromatic N) is 2. The van der Waals surface area contributed by atoms with E-state index in [0.717, 1.165) is 45.6 Å². The van der Waals surface area contributed by atoms with Crippen LogP contribution >= 0.6 is 11.3 Å². The zero-order valence-electron chi connectivity index (χ0n) is 34.2. The summed E-state index contributed by atoms with van der Waals surface area (Å²) in [4.78, 5) is 10.5. The van der Waals surface area contributed by atoms with Crippen LogP contribution in [0, 0.1) is 0 Å². The molecule has 0 aliphatic heterocycles. The van der Waals surface area contributed by atoms with E-state index in [0.29, 0.717) is 11.7 Å². The van der Waals surface area contributed by atoms with Crippen molar-refractivity contribution in [3.63, 3.8) is 0 Å². The second-order valence-corrected chi connectivity index (χ2v) is 17.6. The van der Waals surface area contributed by atoms with E-state index in [1.165, 1.54) is 75.1 Å². The Morgan fingerprint density at radius 2 is 1.02 bits per heavy atom. The summed E-state index contributed by atoms with van der Waals surface area (Å²) in [6.45, 7) is 2.35. The first-order valence-corrected chi connectivity index (χ1v) is 22.3. The maximum Gasteiger partial charge on any atom is 0.160 e. The minimum Gasteiger partial charge on any atom is -0.228 e. The second kappa shape index (κ2) is 14.9. The Balaban J connectivity index is 0.910. The lowest BCUT2D eigenvalue weighted by atomic mass is 9.81. The highest BCUT2D eigenvalue weighted by Crippen LogP contribution is 2.44. The highest BCUT2D eigenvalue weighted by molar-refractivity contribution is 7.26. The third-order valence-electron chi connectivity index (χ3n) is 12.7. The van der Waals surface area contributed by atoms with Gasteiger partial charge in [0.2, 0.25) is 0 Å². The number of benzene rings is 9. The van der Waals surface area contributed by atoms with Crippen molar-refractivity contribution in [2.45, 2.75) is 19.3 Å². The molecule has 0 radical (unpaired) electrons. The summed E-state index contributed by atoms with van der Waals surface area (Å²) in [6.07, 6.45) is 5.71. The molecule has 0 fully saturated rings. The number of aromatic nitrogens is 2. The van der Waals surface area contributed by atoms with Crippen LogP contribution in [-0.2, 0) is 0 Å². The Labute approximate surface area is 365 Å². The molecular formula is C59H40N2S. The fourth-order valence-corrected chi connectivity index (χ4v) is 10.9. The van der Waals surface area contributed by atoms with E-state index in [2.05, 4.69) is 213 Å². The minimum atomic E-state index is 0.455. The molecule has 1 aliphatic rings. The summed E-state index contributed by atoms with van der Waals surface area (Å²) in [5.74, 6) is 1.16. The third-order valence-corrected chi connectivity index (χ3v) is 13.9. The summed E-state index contributed by atoms with van der Waals surface area (Å²) in [7, 11) is 0. The van der Waals surface area contributed by atoms with Gasteiger partial charge in [-0.2, -0.15) is 0 Å². The molecule has 1 atom stereocenters. The van der Waals surface area contributed by atoms with Gasteiger partial charge in [-0.3, -0.25) is 0 Å². The molecule has 62 heavy (non-hydrogen) atoms. The van der Waals surface area contributed by atoms with Crippen LogP contribution in [0.2, 0.25) is 0 Å². The molecule has 1 aliphatic carbocycles. The lowest BCUT2D eigenvalue weighted by Gasteiger charge is -2.23. The van der Waals surface area contributed by atoms with Crippen LogP contribution in [0.3, 0.4) is 0 Å². The van der Waals surface area contributed by atoms with Crippen molar-refractivity contribution >= 4 is 59.1 Å². The molecule has 0 amide bonds. The fraction of sp³-hybridized carbons (Fsp3) is 0.0508. The maximum atomic E-state index is 5.32. The quantitative estimate of drug-likeness (QED) is 0.156. The molecule has 12 rings (SSSR count). The predicted molar refractivity (Wildman–Crippen MR) is 265 cm³/mol. The average Bonchev–Trinajstić information content (AvgIpc) is 3.73. The van der Waals surface area contributed by atoms with Crippen molar-refractivity contribution in [2.24, 2.45) is 0 Å². The van der Waals surface area contributed by atoms with Gasteiger partial charge in [0.1, 0.15) is 0 Å². The minimum absolute atomic E-state index is 0.455. The van der Waals surface area contributed by atoms with Gasteiger partial charge in [-0.05, 0) is 109 Å². The van der Waals surface area contributed by atoms with Crippen molar-refractivity contribution in [1.82, 2.24) is 9.97 Å². The molecule has 2 nitrogen and oxygen atoms in total. The third kappa shape index (κ3) is 6.24. The molecule has 0 spiro atoms.